The Bertz CT molecular complexity index is 598. The summed E-state index contributed by atoms with van der Waals surface area (Å²) in [6, 6.07) is 12.1. The van der Waals surface area contributed by atoms with Crippen molar-refractivity contribution in [3.05, 3.63) is 68.9 Å². The van der Waals surface area contributed by atoms with Crippen LogP contribution in [-0.4, -0.2) is 5.11 Å². The number of hydrogen-bond acceptors (Lipinski definition) is 1. The predicted molar refractivity (Wildman–Crippen MR) is 78.8 cm³/mol. The summed E-state index contributed by atoms with van der Waals surface area (Å²) in [7, 11) is 0. The number of rotatable bonds is 3. The van der Waals surface area contributed by atoms with E-state index in [4.69, 9.17) is 11.6 Å². The van der Waals surface area contributed by atoms with Crippen molar-refractivity contribution < 1.29 is 9.50 Å². The summed E-state index contributed by atoms with van der Waals surface area (Å²) >= 11 is 9.11. The van der Waals surface area contributed by atoms with Crippen LogP contribution in [0.5, 0.6) is 0 Å². The van der Waals surface area contributed by atoms with E-state index in [1.54, 1.807) is 19.1 Å². The van der Waals surface area contributed by atoms with Gasteiger partial charge in [0.15, 0.2) is 0 Å². The average molecular weight is 344 g/mol. The van der Waals surface area contributed by atoms with E-state index >= 15 is 0 Å². The van der Waals surface area contributed by atoms with Gasteiger partial charge in [0.05, 0.1) is 10.6 Å². The molecule has 0 aliphatic carbocycles. The summed E-state index contributed by atoms with van der Waals surface area (Å²) in [6.07, 6.45) is 0.163. The molecule has 0 aliphatic rings. The van der Waals surface area contributed by atoms with Gasteiger partial charge in [0, 0.05) is 10.9 Å². The summed E-state index contributed by atoms with van der Waals surface area (Å²) in [5.74, 6) is -0.473. The maximum absolute atomic E-state index is 13.9. The van der Waals surface area contributed by atoms with E-state index in [1.807, 2.05) is 24.3 Å². The third kappa shape index (κ3) is 3.35. The Kier molecular flexibility index (Phi) is 4.29. The maximum atomic E-state index is 13.9. The molecule has 1 nitrogen and oxygen atoms in total. The molecule has 1 atom stereocenters. The second kappa shape index (κ2) is 5.61. The highest BCUT2D eigenvalue weighted by Gasteiger charge is 2.25. The summed E-state index contributed by atoms with van der Waals surface area (Å²) in [6.45, 7) is 1.66. The smallest absolute Gasteiger partial charge is 0.145 e. The summed E-state index contributed by atoms with van der Waals surface area (Å²) in [5.41, 5.74) is -0.0336. The largest absolute Gasteiger partial charge is 0.385 e. The van der Waals surface area contributed by atoms with Gasteiger partial charge in [-0.2, -0.15) is 0 Å². The predicted octanol–water partition coefficient (Wildman–Crippen LogP) is 4.69. The normalized spacial score (nSPS) is 14.2. The molecule has 0 aliphatic heterocycles. The van der Waals surface area contributed by atoms with E-state index in [2.05, 4.69) is 15.9 Å². The van der Waals surface area contributed by atoms with Gasteiger partial charge in [-0.25, -0.2) is 4.39 Å². The van der Waals surface area contributed by atoms with Gasteiger partial charge in [-0.15, -0.1) is 0 Å². The molecule has 2 rings (SSSR count). The van der Waals surface area contributed by atoms with Gasteiger partial charge < -0.3 is 5.11 Å². The molecule has 0 fully saturated rings. The van der Waals surface area contributed by atoms with Crippen LogP contribution in [0.1, 0.15) is 18.1 Å². The molecule has 1 unspecified atom stereocenters. The molecule has 2 aromatic rings. The van der Waals surface area contributed by atoms with Gasteiger partial charge >= 0.3 is 0 Å². The minimum atomic E-state index is -1.16. The van der Waals surface area contributed by atoms with Crippen molar-refractivity contribution in [1.82, 2.24) is 0 Å². The minimum Gasteiger partial charge on any atom is -0.385 e. The first kappa shape index (κ1) is 14.5. The van der Waals surface area contributed by atoms with E-state index in [0.717, 1.165) is 10.0 Å². The molecule has 0 radical (unpaired) electrons. The van der Waals surface area contributed by atoms with Crippen LogP contribution in [0.25, 0.3) is 0 Å². The molecule has 0 amide bonds. The second-order valence-electron chi connectivity index (χ2n) is 4.67. The average Bonchev–Trinajstić information content (AvgIpc) is 2.35. The van der Waals surface area contributed by atoms with Crippen molar-refractivity contribution in [2.24, 2.45) is 0 Å². The number of hydrogen-bond donors (Lipinski definition) is 1. The third-order valence-electron chi connectivity index (χ3n) is 3.01. The molecule has 1 N–H and O–H groups in total. The molecule has 0 saturated carbocycles. The molecule has 0 bridgehead atoms. The fraction of sp³-hybridized carbons (Fsp3) is 0.200. The van der Waals surface area contributed by atoms with E-state index < -0.39 is 11.4 Å². The molecule has 19 heavy (non-hydrogen) atoms. The lowest BCUT2D eigenvalue weighted by molar-refractivity contribution is 0.0566. The van der Waals surface area contributed by atoms with Crippen LogP contribution < -0.4 is 0 Å². The van der Waals surface area contributed by atoms with Gasteiger partial charge in [-0.05, 0) is 36.2 Å². The highest BCUT2D eigenvalue weighted by Crippen LogP contribution is 2.29. The third-order valence-corrected chi connectivity index (χ3v) is 3.80. The number of halogens is 3. The van der Waals surface area contributed by atoms with E-state index in [9.17, 15) is 9.50 Å². The number of aliphatic hydroxyl groups is 1. The molecule has 0 aromatic heterocycles. The fourth-order valence-corrected chi connectivity index (χ4v) is 2.57. The number of benzene rings is 2. The summed E-state index contributed by atoms with van der Waals surface area (Å²) in [4.78, 5) is 0. The van der Waals surface area contributed by atoms with Crippen molar-refractivity contribution in [3.8, 4) is 0 Å². The highest BCUT2D eigenvalue weighted by molar-refractivity contribution is 9.10. The lowest BCUT2D eigenvalue weighted by Crippen LogP contribution is -2.24. The lowest BCUT2D eigenvalue weighted by atomic mass is 9.89. The Labute approximate surface area is 125 Å². The molecular formula is C15H13BrClFO. The Hall–Kier alpha value is -0.900. The Morgan fingerprint density at radius 1 is 1.26 bits per heavy atom. The molecule has 0 spiro atoms. The second-order valence-corrected chi connectivity index (χ2v) is 6.00. The van der Waals surface area contributed by atoms with Crippen molar-refractivity contribution >= 4 is 27.5 Å². The van der Waals surface area contributed by atoms with Gasteiger partial charge in [-0.1, -0.05) is 51.8 Å². The van der Waals surface area contributed by atoms with E-state index in [-0.39, 0.29) is 11.4 Å². The summed E-state index contributed by atoms with van der Waals surface area (Å²) in [5, 5.41) is 10.6. The van der Waals surface area contributed by atoms with Crippen LogP contribution in [0.2, 0.25) is 5.02 Å². The van der Waals surface area contributed by atoms with Gasteiger partial charge in [0.1, 0.15) is 5.82 Å². The lowest BCUT2D eigenvalue weighted by Gasteiger charge is -2.24. The minimum absolute atomic E-state index is 0.0718. The standard InChI is InChI=1S/C15H13BrClFO/c1-15(19,11-5-3-6-12(16)8-11)9-10-4-2-7-13(17)14(10)18/h2-8,19H,9H2,1H3. The highest BCUT2D eigenvalue weighted by atomic mass is 79.9. The molecule has 0 saturated heterocycles. The van der Waals surface area contributed by atoms with Crippen molar-refractivity contribution in [1.29, 1.82) is 0 Å². The van der Waals surface area contributed by atoms with Gasteiger partial charge in [-0.3, -0.25) is 0 Å². The zero-order valence-electron chi connectivity index (χ0n) is 10.3. The van der Waals surface area contributed by atoms with Crippen LogP contribution in [0, 0.1) is 5.82 Å². The van der Waals surface area contributed by atoms with Crippen molar-refractivity contribution in [2.45, 2.75) is 18.9 Å². The zero-order valence-corrected chi connectivity index (χ0v) is 12.7. The summed E-state index contributed by atoms with van der Waals surface area (Å²) < 4.78 is 14.7. The molecular weight excluding hydrogens is 331 g/mol. The topological polar surface area (TPSA) is 20.2 Å². The Morgan fingerprint density at radius 3 is 2.63 bits per heavy atom. The monoisotopic (exact) mass is 342 g/mol. The quantitative estimate of drug-likeness (QED) is 0.857. The first-order chi connectivity index (χ1) is 8.90. The van der Waals surface area contributed by atoms with Crippen molar-refractivity contribution in [3.63, 3.8) is 0 Å². The first-order valence-electron chi connectivity index (χ1n) is 5.81. The first-order valence-corrected chi connectivity index (χ1v) is 6.98. The van der Waals surface area contributed by atoms with Crippen LogP contribution in [0.4, 0.5) is 4.39 Å². The molecule has 100 valence electrons. The molecule has 2 aromatic carbocycles. The van der Waals surface area contributed by atoms with Crippen LogP contribution in [0.3, 0.4) is 0 Å². The Balaban J connectivity index is 2.33. The van der Waals surface area contributed by atoms with Crippen LogP contribution in [0.15, 0.2) is 46.9 Å². The van der Waals surface area contributed by atoms with Crippen LogP contribution in [-0.2, 0) is 12.0 Å². The van der Waals surface area contributed by atoms with E-state index in [0.29, 0.717) is 5.56 Å². The molecule has 4 heteroatoms. The van der Waals surface area contributed by atoms with Crippen LogP contribution >= 0.6 is 27.5 Å². The van der Waals surface area contributed by atoms with Gasteiger partial charge in [0.2, 0.25) is 0 Å². The SMILES string of the molecule is CC(O)(Cc1cccc(Cl)c1F)c1cccc(Br)c1. The fourth-order valence-electron chi connectivity index (χ4n) is 1.98. The maximum Gasteiger partial charge on any atom is 0.145 e. The Morgan fingerprint density at radius 2 is 1.95 bits per heavy atom. The zero-order chi connectivity index (χ0) is 14.0. The van der Waals surface area contributed by atoms with Gasteiger partial charge in [0.25, 0.3) is 0 Å². The van der Waals surface area contributed by atoms with E-state index in [1.165, 1.54) is 6.07 Å². The molecule has 0 heterocycles. The van der Waals surface area contributed by atoms with Crippen molar-refractivity contribution in [2.75, 3.05) is 0 Å².